The Hall–Kier alpha value is -1.97. The smallest absolute Gasteiger partial charge is 0.168 e. The Labute approximate surface area is 117 Å². The molecule has 0 amide bonds. The molecule has 1 saturated carbocycles. The van der Waals surface area contributed by atoms with Crippen LogP contribution in [0.3, 0.4) is 0 Å². The van der Waals surface area contributed by atoms with E-state index in [0.29, 0.717) is 11.6 Å². The number of rotatable bonds is 4. The van der Waals surface area contributed by atoms with Crippen LogP contribution < -0.4 is 0 Å². The summed E-state index contributed by atoms with van der Waals surface area (Å²) in [6, 6.07) is 8.17. The van der Waals surface area contributed by atoms with Crippen LogP contribution in [0.25, 0.3) is 0 Å². The minimum absolute atomic E-state index is 0.0961. The number of hydrogen-bond acceptors (Lipinski definition) is 2. The molecule has 0 unspecified atom stereocenters. The summed E-state index contributed by atoms with van der Waals surface area (Å²) in [6.07, 6.45) is 7.01. The second-order valence-corrected chi connectivity index (χ2v) is 5.34. The third kappa shape index (κ3) is 2.79. The molecule has 2 aromatic rings. The monoisotopic (exact) mass is 272 g/mol. The van der Waals surface area contributed by atoms with Gasteiger partial charge in [-0.3, -0.25) is 9.48 Å². The molecule has 20 heavy (non-hydrogen) atoms. The van der Waals surface area contributed by atoms with E-state index in [2.05, 4.69) is 5.10 Å². The molecule has 104 valence electrons. The van der Waals surface area contributed by atoms with Gasteiger partial charge in [-0.05, 0) is 31.0 Å². The third-order valence-corrected chi connectivity index (χ3v) is 3.85. The van der Waals surface area contributed by atoms with Crippen molar-refractivity contribution in [1.82, 2.24) is 9.78 Å². The first kappa shape index (κ1) is 13.0. The fraction of sp³-hybridized carbons (Fsp3) is 0.375. The molecule has 1 aromatic carbocycles. The molecule has 0 radical (unpaired) electrons. The minimum Gasteiger partial charge on any atom is -0.294 e. The SMILES string of the molecule is O=C(Cc1ccn(C2CCCC2)n1)c1cccc(F)c1. The fourth-order valence-electron chi connectivity index (χ4n) is 2.77. The molecule has 3 nitrogen and oxygen atoms in total. The summed E-state index contributed by atoms with van der Waals surface area (Å²) in [6.45, 7) is 0. The standard InChI is InChI=1S/C16H17FN2O/c17-13-5-3-4-12(10-13)16(20)11-14-8-9-19(18-14)15-6-1-2-7-15/h3-5,8-10,15H,1-2,6-7,11H2. The van der Waals surface area contributed by atoms with Crippen LogP contribution in [0.15, 0.2) is 36.5 Å². The number of aromatic nitrogens is 2. The van der Waals surface area contributed by atoms with Crippen molar-refractivity contribution >= 4 is 5.78 Å². The van der Waals surface area contributed by atoms with Crippen LogP contribution in [0.4, 0.5) is 4.39 Å². The topological polar surface area (TPSA) is 34.9 Å². The van der Waals surface area contributed by atoms with Crippen LogP contribution in [0, 0.1) is 5.82 Å². The average molecular weight is 272 g/mol. The van der Waals surface area contributed by atoms with E-state index in [4.69, 9.17) is 0 Å². The number of benzene rings is 1. The van der Waals surface area contributed by atoms with Gasteiger partial charge >= 0.3 is 0 Å². The maximum atomic E-state index is 13.1. The van der Waals surface area contributed by atoms with Gasteiger partial charge in [0.25, 0.3) is 0 Å². The molecular formula is C16H17FN2O. The van der Waals surface area contributed by atoms with E-state index in [0.717, 1.165) is 5.69 Å². The first-order valence-electron chi connectivity index (χ1n) is 7.05. The number of hydrogen-bond donors (Lipinski definition) is 0. The summed E-state index contributed by atoms with van der Waals surface area (Å²) in [5.41, 5.74) is 1.16. The Kier molecular flexibility index (Phi) is 3.63. The lowest BCUT2D eigenvalue weighted by atomic mass is 10.1. The molecule has 0 bridgehead atoms. The zero-order valence-electron chi connectivity index (χ0n) is 11.3. The van der Waals surface area contributed by atoms with Gasteiger partial charge in [0, 0.05) is 11.8 Å². The lowest BCUT2D eigenvalue weighted by Crippen LogP contribution is -2.08. The van der Waals surface area contributed by atoms with Crippen molar-refractivity contribution < 1.29 is 9.18 Å². The zero-order chi connectivity index (χ0) is 13.9. The minimum atomic E-state index is -0.382. The lowest BCUT2D eigenvalue weighted by molar-refractivity contribution is 0.0991. The highest BCUT2D eigenvalue weighted by atomic mass is 19.1. The van der Waals surface area contributed by atoms with Crippen molar-refractivity contribution in [2.75, 3.05) is 0 Å². The van der Waals surface area contributed by atoms with Crippen LogP contribution in [0.1, 0.15) is 47.8 Å². The van der Waals surface area contributed by atoms with Gasteiger partial charge < -0.3 is 0 Å². The van der Waals surface area contributed by atoms with Crippen LogP contribution in [0.5, 0.6) is 0 Å². The van der Waals surface area contributed by atoms with Crippen molar-refractivity contribution in [2.24, 2.45) is 0 Å². The molecule has 1 aliphatic carbocycles. The van der Waals surface area contributed by atoms with Gasteiger partial charge in [0.1, 0.15) is 5.82 Å². The Balaban J connectivity index is 1.70. The number of carbonyl (C=O) groups is 1. The molecule has 0 aliphatic heterocycles. The largest absolute Gasteiger partial charge is 0.294 e. The first-order chi connectivity index (χ1) is 9.72. The van der Waals surface area contributed by atoms with Crippen molar-refractivity contribution in [1.29, 1.82) is 0 Å². The van der Waals surface area contributed by atoms with E-state index in [9.17, 15) is 9.18 Å². The van der Waals surface area contributed by atoms with Crippen molar-refractivity contribution in [3.8, 4) is 0 Å². The highest BCUT2D eigenvalue weighted by Crippen LogP contribution is 2.28. The molecule has 3 rings (SSSR count). The van der Waals surface area contributed by atoms with E-state index in [1.54, 1.807) is 12.1 Å². The highest BCUT2D eigenvalue weighted by Gasteiger charge is 2.18. The van der Waals surface area contributed by atoms with Gasteiger partial charge in [0.2, 0.25) is 0 Å². The van der Waals surface area contributed by atoms with Gasteiger partial charge in [-0.15, -0.1) is 0 Å². The van der Waals surface area contributed by atoms with Gasteiger partial charge in [0.15, 0.2) is 5.78 Å². The second kappa shape index (κ2) is 5.57. The van der Waals surface area contributed by atoms with Crippen molar-refractivity contribution in [3.05, 3.63) is 53.6 Å². The maximum absolute atomic E-state index is 13.1. The predicted octanol–water partition coefficient (Wildman–Crippen LogP) is 3.56. The van der Waals surface area contributed by atoms with E-state index in [1.807, 2.05) is 16.9 Å². The predicted molar refractivity (Wildman–Crippen MR) is 74.2 cm³/mol. The molecular weight excluding hydrogens is 255 g/mol. The van der Waals surface area contributed by atoms with Crippen molar-refractivity contribution in [2.45, 2.75) is 38.1 Å². The van der Waals surface area contributed by atoms with Gasteiger partial charge in [0.05, 0.1) is 18.2 Å². The molecule has 1 heterocycles. The normalized spacial score (nSPS) is 15.7. The van der Waals surface area contributed by atoms with Crippen LogP contribution in [-0.2, 0) is 6.42 Å². The number of nitrogens with zero attached hydrogens (tertiary/aromatic N) is 2. The molecule has 1 fully saturated rings. The quantitative estimate of drug-likeness (QED) is 0.798. The van der Waals surface area contributed by atoms with Gasteiger partial charge in [-0.1, -0.05) is 25.0 Å². The first-order valence-corrected chi connectivity index (χ1v) is 7.05. The van der Waals surface area contributed by atoms with Crippen molar-refractivity contribution in [3.63, 3.8) is 0 Å². The maximum Gasteiger partial charge on any atom is 0.168 e. The summed E-state index contributed by atoms with van der Waals surface area (Å²) in [5, 5.41) is 4.48. The molecule has 0 atom stereocenters. The zero-order valence-corrected chi connectivity index (χ0v) is 11.3. The summed E-state index contributed by atoms with van der Waals surface area (Å²) in [7, 11) is 0. The molecule has 0 saturated heterocycles. The summed E-state index contributed by atoms with van der Waals surface area (Å²) in [4.78, 5) is 12.1. The Morgan fingerprint density at radius 3 is 2.85 bits per heavy atom. The van der Waals surface area contributed by atoms with Gasteiger partial charge in [-0.2, -0.15) is 5.10 Å². The number of Topliss-reactive ketones (excluding diaryl/α,β-unsaturated/α-hetero) is 1. The molecule has 0 spiro atoms. The Bertz CT molecular complexity index is 614. The summed E-state index contributed by atoms with van der Waals surface area (Å²) < 4.78 is 15.1. The second-order valence-electron chi connectivity index (χ2n) is 5.34. The van der Waals surface area contributed by atoms with Gasteiger partial charge in [-0.25, -0.2) is 4.39 Å². The Morgan fingerprint density at radius 1 is 1.30 bits per heavy atom. The fourth-order valence-corrected chi connectivity index (χ4v) is 2.77. The van der Waals surface area contributed by atoms with E-state index >= 15 is 0 Å². The average Bonchev–Trinajstić information content (AvgIpc) is 3.08. The van der Waals surface area contributed by atoms with Crippen LogP contribution in [0.2, 0.25) is 0 Å². The van der Waals surface area contributed by atoms with Crippen LogP contribution >= 0.6 is 0 Å². The molecule has 1 aromatic heterocycles. The Morgan fingerprint density at radius 2 is 2.10 bits per heavy atom. The van der Waals surface area contributed by atoms with Crippen LogP contribution in [-0.4, -0.2) is 15.6 Å². The highest BCUT2D eigenvalue weighted by molar-refractivity contribution is 5.97. The summed E-state index contributed by atoms with van der Waals surface area (Å²) in [5.74, 6) is -0.478. The molecule has 1 aliphatic rings. The number of carbonyl (C=O) groups excluding carboxylic acids is 1. The van der Waals surface area contributed by atoms with E-state index in [-0.39, 0.29) is 18.0 Å². The van der Waals surface area contributed by atoms with E-state index < -0.39 is 0 Å². The molecule has 4 heteroatoms. The number of ketones is 1. The lowest BCUT2D eigenvalue weighted by Gasteiger charge is -2.08. The molecule has 0 N–H and O–H groups in total. The summed E-state index contributed by atoms with van der Waals surface area (Å²) >= 11 is 0. The number of halogens is 1. The third-order valence-electron chi connectivity index (χ3n) is 3.85. The van der Waals surface area contributed by atoms with E-state index in [1.165, 1.54) is 37.8 Å².